The lowest BCUT2D eigenvalue weighted by Crippen LogP contribution is -2.47. The minimum absolute atomic E-state index is 0.0423. The van der Waals surface area contributed by atoms with Crippen LogP contribution in [0.4, 0.5) is 0 Å². The first-order valence-corrected chi connectivity index (χ1v) is 8.70. The summed E-state index contributed by atoms with van der Waals surface area (Å²) in [6, 6.07) is 10.8. The lowest BCUT2D eigenvalue weighted by Gasteiger charge is -2.36. The number of ether oxygens (including phenoxy) is 1. The van der Waals surface area contributed by atoms with Gasteiger partial charge in [-0.05, 0) is 61.7 Å². The third kappa shape index (κ3) is 4.20. The van der Waals surface area contributed by atoms with Crippen molar-refractivity contribution in [2.75, 3.05) is 6.54 Å². The molecule has 1 saturated heterocycles. The van der Waals surface area contributed by atoms with Gasteiger partial charge in [0.05, 0.1) is 5.92 Å². The van der Waals surface area contributed by atoms with Gasteiger partial charge in [0.25, 0.3) is 5.91 Å². The molecular formula is C20H22N2O4. The van der Waals surface area contributed by atoms with Crippen LogP contribution in [0.5, 0.6) is 5.75 Å². The molecule has 1 aromatic carbocycles. The van der Waals surface area contributed by atoms with Crippen molar-refractivity contribution in [1.82, 2.24) is 9.88 Å². The predicted molar refractivity (Wildman–Crippen MR) is 95.9 cm³/mol. The van der Waals surface area contributed by atoms with Gasteiger partial charge in [0.1, 0.15) is 12.4 Å². The first-order chi connectivity index (χ1) is 12.5. The second kappa shape index (κ2) is 7.99. The summed E-state index contributed by atoms with van der Waals surface area (Å²) in [4.78, 5) is 29.6. The first-order valence-electron chi connectivity index (χ1n) is 8.70. The molecule has 2 heterocycles. The summed E-state index contributed by atoms with van der Waals surface area (Å²) in [6.07, 6.45) is 4.74. The fourth-order valence-electron chi connectivity index (χ4n) is 3.10. The number of hydrogen-bond donors (Lipinski definition) is 1. The van der Waals surface area contributed by atoms with Crippen LogP contribution in [-0.4, -0.2) is 39.5 Å². The summed E-state index contributed by atoms with van der Waals surface area (Å²) in [5.41, 5.74) is 1.56. The van der Waals surface area contributed by atoms with E-state index in [1.54, 1.807) is 41.6 Å². The Balaban J connectivity index is 1.63. The van der Waals surface area contributed by atoms with Gasteiger partial charge in [-0.2, -0.15) is 0 Å². The zero-order valence-electron chi connectivity index (χ0n) is 14.7. The number of carboxylic acid groups (broad SMARTS) is 1. The zero-order chi connectivity index (χ0) is 18.5. The number of amides is 1. The number of aromatic nitrogens is 1. The van der Waals surface area contributed by atoms with Gasteiger partial charge in [-0.25, -0.2) is 0 Å². The number of benzene rings is 1. The normalized spacial score (nSPS) is 19.8. The number of pyridine rings is 1. The molecule has 2 unspecified atom stereocenters. The number of nitrogens with zero attached hydrogens (tertiary/aromatic N) is 2. The molecule has 0 aliphatic carbocycles. The average Bonchev–Trinajstić information content (AvgIpc) is 2.67. The van der Waals surface area contributed by atoms with Gasteiger partial charge >= 0.3 is 5.97 Å². The van der Waals surface area contributed by atoms with Crippen molar-refractivity contribution in [2.45, 2.75) is 32.4 Å². The maximum atomic E-state index is 12.8. The van der Waals surface area contributed by atoms with E-state index >= 15 is 0 Å². The average molecular weight is 354 g/mol. The lowest BCUT2D eigenvalue weighted by atomic mass is 9.93. The van der Waals surface area contributed by atoms with Gasteiger partial charge in [-0.1, -0.05) is 0 Å². The molecule has 26 heavy (non-hydrogen) atoms. The standard InChI is InChI=1S/C20H22N2O4/c1-14-2-3-17(20(24)25)12-22(14)19(23)16-4-6-18(7-5-16)26-13-15-8-10-21-11-9-15/h4-11,14,17H,2-3,12-13H2,1H3,(H,24,25). The Morgan fingerprint density at radius 3 is 2.50 bits per heavy atom. The Hall–Kier alpha value is -2.89. The number of carbonyl (C=O) groups excluding carboxylic acids is 1. The van der Waals surface area contributed by atoms with Gasteiger partial charge in [0, 0.05) is 30.5 Å². The predicted octanol–water partition coefficient (Wildman–Crippen LogP) is 2.99. The molecule has 1 fully saturated rings. The number of rotatable bonds is 5. The third-order valence-corrected chi connectivity index (χ3v) is 4.75. The highest BCUT2D eigenvalue weighted by Gasteiger charge is 2.32. The van der Waals surface area contributed by atoms with Crippen LogP contribution in [0.25, 0.3) is 0 Å². The van der Waals surface area contributed by atoms with Crippen LogP contribution in [0.1, 0.15) is 35.7 Å². The summed E-state index contributed by atoms with van der Waals surface area (Å²) >= 11 is 0. The Kier molecular flexibility index (Phi) is 5.51. The van der Waals surface area contributed by atoms with Gasteiger partial charge in [0.2, 0.25) is 0 Å². The van der Waals surface area contributed by atoms with Crippen LogP contribution in [0.15, 0.2) is 48.8 Å². The molecule has 1 aliphatic rings. The fourth-order valence-corrected chi connectivity index (χ4v) is 3.10. The van der Waals surface area contributed by atoms with Crippen LogP contribution in [0, 0.1) is 5.92 Å². The maximum absolute atomic E-state index is 12.8. The van der Waals surface area contributed by atoms with Crippen molar-refractivity contribution in [3.63, 3.8) is 0 Å². The number of hydrogen-bond acceptors (Lipinski definition) is 4. The number of aliphatic carboxylic acids is 1. The van der Waals surface area contributed by atoms with Gasteiger partial charge in [-0.15, -0.1) is 0 Å². The number of piperidine rings is 1. The summed E-state index contributed by atoms with van der Waals surface area (Å²) in [6.45, 7) is 2.65. The monoisotopic (exact) mass is 354 g/mol. The lowest BCUT2D eigenvalue weighted by molar-refractivity contribution is -0.143. The summed E-state index contributed by atoms with van der Waals surface area (Å²) in [5.74, 6) is -0.787. The highest BCUT2D eigenvalue weighted by Crippen LogP contribution is 2.24. The minimum atomic E-state index is -0.838. The van der Waals surface area contributed by atoms with Crippen molar-refractivity contribution in [3.8, 4) is 5.75 Å². The number of carboxylic acids is 1. The molecule has 2 aromatic rings. The van der Waals surface area contributed by atoms with Crippen molar-refractivity contribution in [1.29, 1.82) is 0 Å². The summed E-state index contributed by atoms with van der Waals surface area (Å²) in [7, 11) is 0. The Morgan fingerprint density at radius 2 is 1.85 bits per heavy atom. The molecule has 0 bridgehead atoms. The smallest absolute Gasteiger partial charge is 0.308 e. The van der Waals surface area contributed by atoms with E-state index in [-0.39, 0.29) is 18.5 Å². The molecule has 0 saturated carbocycles. The molecular weight excluding hydrogens is 332 g/mol. The number of carbonyl (C=O) groups is 2. The second-order valence-electron chi connectivity index (χ2n) is 6.59. The van der Waals surface area contributed by atoms with E-state index in [1.165, 1.54) is 0 Å². The number of likely N-dealkylation sites (tertiary alicyclic amines) is 1. The van der Waals surface area contributed by atoms with Crippen LogP contribution >= 0.6 is 0 Å². The van der Waals surface area contributed by atoms with Crippen molar-refractivity contribution >= 4 is 11.9 Å². The SMILES string of the molecule is CC1CCC(C(=O)O)CN1C(=O)c1ccc(OCc2ccncc2)cc1. The summed E-state index contributed by atoms with van der Waals surface area (Å²) in [5, 5.41) is 9.23. The largest absolute Gasteiger partial charge is 0.489 e. The van der Waals surface area contributed by atoms with Gasteiger partial charge < -0.3 is 14.7 Å². The quantitative estimate of drug-likeness (QED) is 0.893. The molecule has 1 aromatic heterocycles. The van der Waals surface area contributed by atoms with E-state index in [1.807, 2.05) is 19.1 Å². The van der Waals surface area contributed by atoms with Gasteiger partial charge in [0.15, 0.2) is 0 Å². The molecule has 0 radical (unpaired) electrons. The molecule has 0 spiro atoms. The van der Waals surface area contributed by atoms with E-state index in [0.717, 1.165) is 5.56 Å². The van der Waals surface area contributed by atoms with Crippen molar-refractivity contribution in [2.24, 2.45) is 5.92 Å². The maximum Gasteiger partial charge on any atom is 0.308 e. The molecule has 3 rings (SSSR count). The first kappa shape index (κ1) is 17.9. The molecule has 6 heteroatoms. The van der Waals surface area contributed by atoms with E-state index in [2.05, 4.69) is 4.98 Å². The zero-order valence-corrected chi connectivity index (χ0v) is 14.7. The third-order valence-electron chi connectivity index (χ3n) is 4.75. The molecule has 136 valence electrons. The second-order valence-corrected chi connectivity index (χ2v) is 6.59. The van der Waals surface area contributed by atoms with Crippen LogP contribution in [0.3, 0.4) is 0 Å². The molecule has 2 atom stereocenters. The van der Waals surface area contributed by atoms with E-state index in [4.69, 9.17) is 4.74 Å². The van der Waals surface area contributed by atoms with Crippen LogP contribution in [0.2, 0.25) is 0 Å². The highest BCUT2D eigenvalue weighted by molar-refractivity contribution is 5.95. The van der Waals surface area contributed by atoms with Crippen LogP contribution in [-0.2, 0) is 11.4 Å². The fraction of sp³-hybridized carbons (Fsp3) is 0.350. The highest BCUT2D eigenvalue weighted by atomic mass is 16.5. The van der Waals surface area contributed by atoms with Crippen LogP contribution < -0.4 is 4.74 Å². The van der Waals surface area contributed by atoms with Gasteiger partial charge in [-0.3, -0.25) is 14.6 Å². The molecule has 1 aliphatic heterocycles. The Bertz CT molecular complexity index is 761. The summed E-state index contributed by atoms with van der Waals surface area (Å²) < 4.78 is 5.71. The van der Waals surface area contributed by atoms with Crippen molar-refractivity contribution < 1.29 is 19.4 Å². The van der Waals surface area contributed by atoms with E-state index < -0.39 is 11.9 Å². The van der Waals surface area contributed by atoms with E-state index in [0.29, 0.717) is 30.8 Å². The van der Waals surface area contributed by atoms with E-state index in [9.17, 15) is 14.7 Å². The minimum Gasteiger partial charge on any atom is -0.489 e. The topological polar surface area (TPSA) is 79.7 Å². The molecule has 1 N–H and O–H groups in total. The molecule has 1 amide bonds. The molecule has 6 nitrogen and oxygen atoms in total. The van der Waals surface area contributed by atoms with Crippen molar-refractivity contribution in [3.05, 3.63) is 59.9 Å². The Labute approximate surface area is 152 Å². The Morgan fingerprint density at radius 1 is 1.15 bits per heavy atom.